The van der Waals surface area contributed by atoms with Crippen molar-refractivity contribution in [2.45, 2.75) is 26.1 Å². The molecule has 0 aliphatic carbocycles. The molecule has 0 aromatic carbocycles. The fourth-order valence-corrected chi connectivity index (χ4v) is 3.58. The van der Waals surface area contributed by atoms with E-state index in [1.807, 2.05) is 11.8 Å². The SMILES string of the molecule is CCn1nc(C)c(Br)c1CSCC1CNC1. The highest BCUT2D eigenvalue weighted by molar-refractivity contribution is 9.10. The van der Waals surface area contributed by atoms with Gasteiger partial charge in [-0.05, 0) is 54.5 Å². The van der Waals surface area contributed by atoms with E-state index in [0.29, 0.717) is 0 Å². The van der Waals surface area contributed by atoms with E-state index in [1.165, 1.54) is 29.0 Å². The predicted molar refractivity (Wildman–Crippen MR) is 72.9 cm³/mol. The van der Waals surface area contributed by atoms with Gasteiger partial charge >= 0.3 is 0 Å². The number of hydrogen-bond acceptors (Lipinski definition) is 3. The fraction of sp³-hybridized carbons (Fsp3) is 0.727. The summed E-state index contributed by atoms with van der Waals surface area (Å²) in [5.74, 6) is 3.20. The molecule has 0 amide bonds. The van der Waals surface area contributed by atoms with Crippen molar-refractivity contribution >= 4 is 27.7 Å². The molecule has 1 N–H and O–H groups in total. The Morgan fingerprint density at radius 3 is 2.88 bits per heavy atom. The number of hydrogen-bond donors (Lipinski definition) is 1. The molecule has 90 valence electrons. The third-order valence-electron chi connectivity index (χ3n) is 2.91. The summed E-state index contributed by atoms with van der Waals surface area (Å²) >= 11 is 5.65. The molecule has 2 heterocycles. The van der Waals surface area contributed by atoms with Gasteiger partial charge in [0.1, 0.15) is 0 Å². The number of thioether (sulfide) groups is 1. The van der Waals surface area contributed by atoms with Gasteiger partial charge in [0.2, 0.25) is 0 Å². The molecular formula is C11H18BrN3S. The Balaban J connectivity index is 1.91. The minimum Gasteiger partial charge on any atom is -0.316 e. The molecule has 1 fully saturated rings. The van der Waals surface area contributed by atoms with Crippen molar-refractivity contribution in [1.82, 2.24) is 15.1 Å². The lowest BCUT2D eigenvalue weighted by atomic mass is 10.1. The van der Waals surface area contributed by atoms with Gasteiger partial charge < -0.3 is 5.32 Å². The van der Waals surface area contributed by atoms with Crippen LogP contribution in [-0.4, -0.2) is 28.6 Å². The molecule has 5 heteroatoms. The van der Waals surface area contributed by atoms with Crippen LogP contribution < -0.4 is 5.32 Å². The quantitative estimate of drug-likeness (QED) is 0.906. The van der Waals surface area contributed by atoms with E-state index in [4.69, 9.17) is 0 Å². The van der Waals surface area contributed by atoms with Crippen LogP contribution in [0.25, 0.3) is 0 Å². The molecule has 0 unspecified atom stereocenters. The Morgan fingerprint density at radius 1 is 1.56 bits per heavy atom. The van der Waals surface area contributed by atoms with E-state index >= 15 is 0 Å². The number of halogens is 1. The molecule has 3 nitrogen and oxygen atoms in total. The molecule has 16 heavy (non-hydrogen) atoms. The van der Waals surface area contributed by atoms with Crippen LogP contribution >= 0.6 is 27.7 Å². The summed E-state index contributed by atoms with van der Waals surface area (Å²) in [7, 11) is 0. The average molecular weight is 304 g/mol. The number of aryl methyl sites for hydroxylation is 2. The van der Waals surface area contributed by atoms with Gasteiger partial charge in [0, 0.05) is 12.3 Å². The van der Waals surface area contributed by atoms with Crippen molar-refractivity contribution in [1.29, 1.82) is 0 Å². The normalized spacial score (nSPS) is 16.4. The zero-order valence-corrected chi connectivity index (χ0v) is 12.2. The van der Waals surface area contributed by atoms with Crippen molar-refractivity contribution in [2.75, 3.05) is 18.8 Å². The van der Waals surface area contributed by atoms with Crippen molar-refractivity contribution < 1.29 is 0 Å². The molecule has 0 spiro atoms. The molecule has 0 saturated carbocycles. The summed E-state index contributed by atoms with van der Waals surface area (Å²) in [4.78, 5) is 0. The maximum Gasteiger partial charge on any atom is 0.0739 e. The number of nitrogens with zero attached hydrogens (tertiary/aromatic N) is 2. The van der Waals surface area contributed by atoms with Crippen LogP contribution in [0.3, 0.4) is 0 Å². The highest BCUT2D eigenvalue weighted by Crippen LogP contribution is 2.26. The van der Waals surface area contributed by atoms with Crippen molar-refractivity contribution in [2.24, 2.45) is 5.92 Å². The van der Waals surface area contributed by atoms with Crippen molar-refractivity contribution in [3.8, 4) is 0 Å². The van der Waals surface area contributed by atoms with Crippen LogP contribution in [0.4, 0.5) is 0 Å². The van der Waals surface area contributed by atoms with Gasteiger partial charge in [-0.3, -0.25) is 4.68 Å². The van der Waals surface area contributed by atoms with Crippen LogP contribution in [0.15, 0.2) is 4.47 Å². The lowest BCUT2D eigenvalue weighted by Crippen LogP contribution is -2.43. The van der Waals surface area contributed by atoms with Gasteiger partial charge in [-0.1, -0.05) is 0 Å². The lowest BCUT2D eigenvalue weighted by Gasteiger charge is -2.26. The monoisotopic (exact) mass is 303 g/mol. The zero-order chi connectivity index (χ0) is 11.5. The Bertz CT molecular complexity index is 360. The summed E-state index contributed by atoms with van der Waals surface area (Å²) < 4.78 is 3.29. The van der Waals surface area contributed by atoms with Gasteiger partial charge in [0.15, 0.2) is 0 Å². The second-order valence-electron chi connectivity index (χ2n) is 4.20. The van der Waals surface area contributed by atoms with E-state index in [-0.39, 0.29) is 0 Å². The van der Waals surface area contributed by atoms with E-state index in [1.54, 1.807) is 0 Å². The zero-order valence-electron chi connectivity index (χ0n) is 9.79. The third-order valence-corrected chi connectivity index (χ3v) is 5.13. The predicted octanol–water partition coefficient (Wildman–Crippen LogP) is 2.43. The molecule has 1 aliphatic rings. The van der Waals surface area contributed by atoms with Gasteiger partial charge in [-0.2, -0.15) is 16.9 Å². The summed E-state index contributed by atoms with van der Waals surface area (Å²) in [6, 6.07) is 0. The van der Waals surface area contributed by atoms with Gasteiger partial charge in [0.05, 0.1) is 15.9 Å². The number of aromatic nitrogens is 2. The van der Waals surface area contributed by atoms with Crippen LogP contribution in [0.2, 0.25) is 0 Å². The second-order valence-corrected chi connectivity index (χ2v) is 6.02. The standard InChI is InChI=1S/C11H18BrN3S/c1-3-15-10(11(12)8(2)14-15)7-16-6-9-4-13-5-9/h9,13H,3-7H2,1-2H3. The lowest BCUT2D eigenvalue weighted by molar-refractivity contribution is 0.385. The molecule has 0 atom stereocenters. The van der Waals surface area contributed by atoms with Crippen molar-refractivity contribution in [3.63, 3.8) is 0 Å². The molecule has 0 bridgehead atoms. The first-order valence-electron chi connectivity index (χ1n) is 5.72. The van der Waals surface area contributed by atoms with Gasteiger partial charge in [-0.15, -0.1) is 0 Å². The molecule has 1 aromatic heterocycles. The number of rotatable bonds is 5. The van der Waals surface area contributed by atoms with Crippen molar-refractivity contribution in [3.05, 3.63) is 15.9 Å². The first-order chi connectivity index (χ1) is 7.72. The van der Waals surface area contributed by atoms with Crippen LogP contribution in [-0.2, 0) is 12.3 Å². The Morgan fingerprint density at radius 2 is 2.31 bits per heavy atom. The minimum atomic E-state index is 0.878. The minimum absolute atomic E-state index is 0.878. The third kappa shape index (κ3) is 2.63. The maximum absolute atomic E-state index is 4.50. The molecule has 0 radical (unpaired) electrons. The summed E-state index contributed by atoms with van der Waals surface area (Å²) in [5, 5.41) is 7.81. The van der Waals surface area contributed by atoms with Crippen LogP contribution in [0, 0.1) is 12.8 Å². The van der Waals surface area contributed by atoms with E-state index in [9.17, 15) is 0 Å². The van der Waals surface area contributed by atoms with E-state index < -0.39 is 0 Å². The van der Waals surface area contributed by atoms with Gasteiger partial charge in [0.25, 0.3) is 0 Å². The first kappa shape index (κ1) is 12.5. The van der Waals surface area contributed by atoms with E-state index in [0.717, 1.165) is 23.9 Å². The highest BCUT2D eigenvalue weighted by atomic mass is 79.9. The summed E-state index contributed by atoms with van der Waals surface area (Å²) in [6.45, 7) is 7.54. The summed E-state index contributed by atoms with van der Waals surface area (Å²) in [6.07, 6.45) is 0. The smallest absolute Gasteiger partial charge is 0.0739 e. The van der Waals surface area contributed by atoms with Gasteiger partial charge in [-0.25, -0.2) is 0 Å². The summed E-state index contributed by atoms with van der Waals surface area (Å²) in [5.41, 5.74) is 2.43. The van der Waals surface area contributed by atoms with Crippen LogP contribution in [0.5, 0.6) is 0 Å². The largest absolute Gasteiger partial charge is 0.316 e. The molecule has 1 aliphatic heterocycles. The highest BCUT2D eigenvalue weighted by Gasteiger charge is 2.17. The maximum atomic E-state index is 4.50. The first-order valence-corrected chi connectivity index (χ1v) is 7.67. The molecular weight excluding hydrogens is 286 g/mol. The average Bonchev–Trinajstić information content (AvgIpc) is 2.48. The molecule has 1 aromatic rings. The Labute approximate surface area is 109 Å². The number of nitrogens with one attached hydrogen (secondary N) is 1. The topological polar surface area (TPSA) is 29.9 Å². The van der Waals surface area contributed by atoms with Crippen LogP contribution in [0.1, 0.15) is 18.3 Å². The Hall–Kier alpha value is -0.0000000000000000763. The fourth-order valence-electron chi connectivity index (χ4n) is 1.80. The molecule has 2 rings (SSSR count). The molecule has 1 saturated heterocycles. The van der Waals surface area contributed by atoms with E-state index in [2.05, 4.69) is 44.9 Å². The Kier molecular flexibility index (Phi) is 4.33. The second kappa shape index (κ2) is 5.56.